The molecule has 2 aromatic rings. The quantitative estimate of drug-likeness (QED) is 0.806. The van der Waals surface area contributed by atoms with Gasteiger partial charge in [0.25, 0.3) is 0 Å². The Kier molecular flexibility index (Phi) is 4.38. The van der Waals surface area contributed by atoms with Crippen molar-refractivity contribution in [1.82, 2.24) is 10.2 Å². The van der Waals surface area contributed by atoms with Crippen molar-refractivity contribution >= 4 is 29.2 Å². The zero-order chi connectivity index (χ0) is 10.8. The van der Waals surface area contributed by atoms with Crippen molar-refractivity contribution in [3.63, 3.8) is 0 Å². The molecule has 2 rings (SSSR count). The molecule has 84 valence electrons. The highest BCUT2D eigenvalue weighted by Crippen LogP contribution is 2.21. The third kappa shape index (κ3) is 2.77. The van der Waals surface area contributed by atoms with Crippen molar-refractivity contribution < 1.29 is 0 Å². The zero-order valence-corrected chi connectivity index (χ0v) is 11.7. The summed E-state index contributed by atoms with van der Waals surface area (Å²) < 4.78 is 0.656. The van der Waals surface area contributed by atoms with E-state index >= 15 is 0 Å². The average molecular weight is 297 g/mol. The molecule has 0 spiro atoms. The summed E-state index contributed by atoms with van der Waals surface area (Å²) in [6.07, 6.45) is 0. The van der Waals surface area contributed by atoms with Gasteiger partial charge < -0.3 is 0 Å². The second-order valence-electron chi connectivity index (χ2n) is 3.62. The predicted octanol–water partition coefficient (Wildman–Crippen LogP) is 4.00. The topological polar surface area (TPSA) is 28.7 Å². The van der Waals surface area contributed by atoms with Gasteiger partial charge in [0.2, 0.25) is 0 Å². The number of nitrogens with zero attached hydrogens (tertiary/aromatic N) is 1. The van der Waals surface area contributed by atoms with Crippen LogP contribution >= 0.6 is 29.2 Å². The maximum absolute atomic E-state index is 4.96. The van der Waals surface area contributed by atoms with E-state index in [1.54, 1.807) is 0 Å². The number of halogens is 1. The zero-order valence-electron chi connectivity index (χ0n) is 9.15. The van der Waals surface area contributed by atoms with Gasteiger partial charge in [0, 0.05) is 5.56 Å². The lowest BCUT2D eigenvalue weighted by atomic mass is 10.0. The third-order valence-corrected chi connectivity index (χ3v) is 2.56. The average Bonchev–Trinajstić information content (AvgIpc) is 2.20. The molecule has 1 aromatic heterocycles. The number of benzene rings is 1. The van der Waals surface area contributed by atoms with Crippen LogP contribution in [-0.2, 0) is 0 Å². The summed E-state index contributed by atoms with van der Waals surface area (Å²) in [5, 5.41) is 7.01. The normalized spacial score (nSPS) is 9.62. The number of hydrogen-bond donors (Lipinski definition) is 1. The molecule has 1 heterocycles. The first-order chi connectivity index (χ1) is 7.16. The van der Waals surface area contributed by atoms with Crippen LogP contribution in [0.15, 0.2) is 30.3 Å². The largest absolute Gasteiger partial charge is 0.267 e. The fourth-order valence-corrected chi connectivity index (χ4v) is 1.71. The molecule has 0 aliphatic carbocycles. The van der Waals surface area contributed by atoms with E-state index < -0.39 is 0 Å². The molecule has 0 saturated carbocycles. The van der Waals surface area contributed by atoms with E-state index in [9.17, 15) is 0 Å². The van der Waals surface area contributed by atoms with Crippen LogP contribution < -0.4 is 0 Å². The Hall–Kier alpha value is -1.00. The van der Waals surface area contributed by atoms with Crippen molar-refractivity contribution in [2.45, 2.75) is 13.8 Å². The first kappa shape index (κ1) is 13.1. The van der Waals surface area contributed by atoms with E-state index in [1.165, 1.54) is 11.1 Å². The highest BCUT2D eigenvalue weighted by atomic mass is 79.9. The molecule has 4 heteroatoms. The highest BCUT2D eigenvalue weighted by Gasteiger charge is 2.02. The monoisotopic (exact) mass is 296 g/mol. The fraction of sp³-hybridized carbons (Fsp3) is 0.167. The maximum Gasteiger partial charge on any atom is 0.119 e. The van der Waals surface area contributed by atoms with E-state index in [4.69, 9.17) is 12.2 Å². The summed E-state index contributed by atoms with van der Waals surface area (Å²) in [6, 6.07) is 10.1. The third-order valence-electron chi connectivity index (χ3n) is 2.34. The molecule has 1 N–H and O–H groups in total. The molecule has 0 unspecified atom stereocenters. The number of aryl methyl sites for hydroxylation is 2. The minimum atomic E-state index is 0. The standard InChI is InChI=1S/C12H12N2S.BrH/c1-8-3-4-10(9(2)7-8)11-5-6-12(15)14-13-11;/h3-7H,1-2H3,(H,14,15);1H. The molecule has 0 amide bonds. The van der Waals surface area contributed by atoms with Crippen LogP contribution in [0.2, 0.25) is 0 Å². The molecule has 0 radical (unpaired) electrons. The van der Waals surface area contributed by atoms with Crippen LogP contribution in [0.3, 0.4) is 0 Å². The van der Waals surface area contributed by atoms with Crippen molar-refractivity contribution in [2.75, 3.05) is 0 Å². The maximum atomic E-state index is 4.96. The lowest BCUT2D eigenvalue weighted by Crippen LogP contribution is -1.90. The van der Waals surface area contributed by atoms with Gasteiger partial charge in [-0.2, -0.15) is 5.10 Å². The molecule has 0 saturated heterocycles. The first-order valence-corrected chi connectivity index (χ1v) is 5.21. The predicted molar refractivity (Wildman–Crippen MR) is 74.7 cm³/mol. The van der Waals surface area contributed by atoms with E-state index in [-0.39, 0.29) is 17.0 Å². The van der Waals surface area contributed by atoms with Gasteiger partial charge in [0.05, 0.1) is 5.69 Å². The van der Waals surface area contributed by atoms with Crippen LogP contribution in [0.1, 0.15) is 11.1 Å². The van der Waals surface area contributed by atoms with E-state index in [1.807, 2.05) is 12.1 Å². The molecule has 0 bridgehead atoms. The Balaban J connectivity index is 0.00000128. The molecular formula is C12H13BrN2S. The van der Waals surface area contributed by atoms with Gasteiger partial charge >= 0.3 is 0 Å². The molecule has 0 fully saturated rings. The Morgan fingerprint density at radius 2 is 1.88 bits per heavy atom. The van der Waals surface area contributed by atoms with Crippen molar-refractivity contribution in [2.24, 2.45) is 0 Å². The summed E-state index contributed by atoms with van der Waals surface area (Å²) in [7, 11) is 0. The number of nitrogens with one attached hydrogen (secondary N) is 1. The van der Waals surface area contributed by atoms with Gasteiger partial charge in [0.1, 0.15) is 4.64 Å². The van der Waals surface area contributed by atoms with E-state index in [0.717, 1.165) is 11.3 Å². The SMILES string of the molecule is Br.Cc1ccc(-c2ccc(=S)[nH]n2)c(C)c1. The van der Waals surface area contributed by atoms with Crippen LogP contribution in [0.25, 0.3) is 11.3 Å². The number of H-pyrrole nitrogens is 1. The summed E-state index contributed by atoms with van der Waals surface area (Å²) in [5.74, 6) is 0. The Morgan fingerprint density at radius 1 is 1.12 bits per heavy atom. The number of hydrogen-bond acceptors (Lipinski definition) is 2. The van der Waals surface area contributed by atoms with Gasteiger partial charge in [-0.1, -0.05) is 36.0 Å². The van der Waals surface area contributed by atoms with Crippen LogP contribution in [0.4, 0.5) is 0 Å². The number of rotatable bonds is 1. The van der Waals surface area contributed by atoms with Crippen molar-refractivity contribution in [3.8, 4) is 11.3 Å². The minimum absolute atomic E-state index is 0. The molecule has 0 atom stereocenters. The lowest BCUT2D eigenvalue weighted by molar-refractivity contribution is 1.02. The highest BCUT2D eigenvalue weighted by molar-refractivity contribution is 8.93. The second kappa shape index (κ2) is 5.37. The molecule has 16 heavy (non-hydrogen) atoms. The summed E-state index contributed by atoms with van der Waals surface area (Å²) >= 11 is 4.96. The van der Waals surface area contributed by atoms with Gasteiger partial charge in [-0.15, -0.1) is 17.0 Å². The van der Waals surface area contributed by atoms with Crippen molar-refractivity contribution in [3.05, 3.63) is 46.1 Å². The minimum Gasteiger partial charge on any atom is -0.267 e. The Labute approximate surface area is 110 Å². The van der Waals surface area contributed by atoms with Gasteiger partial charge in [-0.05, 0) is 31.5 Å². The Bertz CT molecular complexity index is 528. The molecule has 0 aliphatic heterocycles. The summed E-state index contributed by atoms with van der Waals surface area (Å²) in [6.45, 7) is 4.17. The van der Waals surface area contributed by atoms with Gasteiger partial charge in [-0.3, -0.25) is 5.10 Å². The van der Waals surface area contributed by atoms with E-state index in [0.29, 0.717) is 4.64 Å². The van der Waals surface area contributed by atoms with E-state index in [2.05, 4.69) is 42.2 Å². The molecular weight excluding hydrogens is 284 g/mol. The Morgan fingerprint density at radius 3 is 2.44 bits per heavy atom. The summed E-state index contributed by atoms with van der Waals surface area (Å²) in [4.78, 5) is 0. The van der Waals surface area contributed by atoms with Gasteiger partial charge in [-0.25, -0.2) is 0 Å². The number of aromatic nitrogens is 2. The van der Waals surface area contributed by atoms with Crippen molar-refractivity contribution in [1.29, 1.82) is 0 Å². The fourth-order valence-electron chi connectivity index (χ4n) is 1.60. The summed E-state index contributed by atoms with van der Waals surface area (Å²) in [5.41, 5.74) is 4.57. The van der Waals surface area contributed by atoms with Crippen LogP contribution in [-0.4, -0.2) is 10.2 Å². The smallest absolute Gasteiger partial charge is 0.119 e. The second-order valence-corrected chi connectivity index (χ2v) is 4.06. The van der Waals surface area contributed by atoms with Crippen LogP contribution in [0.5, 0.6) is 0 Å². The lowest BCUT2D eigenvalue weighted by Gasteiger charge is -2.05. The van der Waals surface area contributed by atoms with Gasteiger partial charge in [0.15, 0.2) is 0 Å². The molecule has 2 nitrogen and oxygen atoms in total. The number of aromatic amines is 1. The first-order valence-electron chi connectivity index (χ1n) is 4.80. The molecule has 0 aliphatic rings. The molecule has 1 aromatic carbocycles. The van der Waals surface area contributed by atoms with Crippen LogP contribution in [0, 0.1) is 18.5 Å².